The first-order valence-electron chi connectivity index (χ1n) is 11.2. The van der Waals surface area contributed by atoms with Gasteiger partial charge in [0.05, 0.1) is 21.3 Å². The lowest BCUT2D eigenvalue weighted by atomic mass is 9.95. The number of methoxy groups -OCH3 is 3. The normalized spacial score (nSPS) is 14.5. The minimum absolute atomic E-state index is 0.0534. The molecular weight excluding hydrogens is 442 g/mol. The van der Waals surface area contributed by atoms with Crippen LogP contribution in [0, 0.1) is 5.92 Å². The zero-order valence-corrected chi connectivity index (χ0v) is 20.3. The molecule has 1 aliphatic heterocycles. The van der Waals surface area contributed by atoms with Gasteiger partial charge in [0.25, 0.3) is 0 Å². The molecular formula is C24H33N3O5S. The van der Waals surface area contributed by atoms with Gasteiger partial charge >= 0.3 is 0 Å². The molecule has 1 aliphatic rings. The second kappa shape index (κ2) is 12.5. The molecule has 0 atom stereocenters. The number of piperidine rings is 1. The highest BCUT2D eigenvalue weighted by atomic mass is 32.1. The molecule has 1 aromatic carbocycles. The molecule has 180 valence electrons. The van der Waals surface area contributed by atoms with Gasteiger partial charge in [0.1, 0.15) is 0 Å². The number of carbonyl (C=O) groups is 2. The van der Waals surface area contributed by atoms with Gasteiger partial charge in [-0.2, -0.15) is 0 Å². The second-order valence-corrected chi connectivity index (χ2v) is 8.98. The summed E-state index contributed by atoms with van der Waals surface area (Å²) in [4.78, 5) is 28.4. The molecule has 2 N–H and O–H groups in total. The van der Waals surface area contributed by atoms with Gasteiger partial charge in [-0.15, -0.1) is 11.3 Å². The molecule has 8 nitrogen and oxygen atoms in total. The van der Waals surface area contributed by atoms with Gasteiger partial charge in [-0.3, -0.25) is 9.59 Å². The van der Waals surface area contributed by atoms with Gasteiger partial charge in [-0.1, -0.05) is 6.07 Å². The van der Waals surface area contributed by atoms with Crippen LogP contribution in [0.5, 0.6) is 17.2 Å². The number of hydrogen-bond acceptors (Lipinski definition) is 7. The minimum Gasteiger partial charge on any atom is -0.493 e. The summed E-state index contributed by atoms with van der Waals surface area (Å²) < 4.78 is 16.0. The van der Waals surface area contributed by atoms with E-state index in [9.17, 15) is 9.59 Å². The van der Waals surface area contributed by atoms with E-state index in [4.69, 9.17) is 14.2 Å². The monoisotopic (exact) mass is 475 g/mol. The SMILES string of the molecule is COc1cc(NC(=O)CCN2CCC(C(=O)NCCc3cccs3)CC2)cc(OC)c1OC. The van der Waals surface area contributed by atoms with Crippen LogP contribution in [-0.4, -0.2) is 64.2 Å². The molecule has 2 heterocycles. The van der Waals surface area contributed by atoms with E-state index in [1.54, 1.807) is 23.5 Å². The van der Waals surface area contributed by atoms with Gasteiger partial charge in [0, 0.05) is 48.1 Å². The fourth-order valence-corrected chi connectivity index (χ4v) is 4.67. The van der Waals surface area contributed by atoms with Crippen LogP contribution in [0.25, 0.3) is 0 Å². The Balaban J connectivity index is 1.39. The number of ether oxygens (including phenoxy) is 3. The summed E-state index contributed by atoms with van der Waals surface area (Å²) >= 11 is 1.72. The van der Waals surface area contributed by atoms with Gasteiger partial charge in [0.15, 0.2) is 11.5 Å². The Hall–Kier alpha value is -2.78. The highest BCUT2D eigenvalue weighted by Gasteiger charge is 2.25. The molecule has 33 heavy (non-hydrogen) atoms. The molecule has 0 aliphatic carbocycles. The number of benzene rings is 1. The van der Waals surface area contributed by atoms with Crippen molar-refractivity contribution >= 4 is 28.8 Å². The molecule has 0 radical (unpaired) electrons. The minimum atomic E-state index is -0.0854. The summed E-state index contributed by atoms with van der Waals surface area (Å²) in [6.45, 7) is 2.98. The van der Waals surface area contributed by atoms with Crippen LogP contribution >= 0.6 is 11.3 Å². The number of amides is 2. The Labute approximate surface area is 199 Å². The Morgan fingerprint density at radius 1 is 1.09 bits per heavy atom. The van der Waals surface area contributed by atoms with E-state index in [0.29, 0.717) is 42.4 Å². The zero-order valence-electron chi connectivity index (χ0n) is 19.5. The largest absolute Gasteiger partial charge is 0.493 e. The van der Waals surface area contributed by atoms with Crippen molar-refractivity contribution in [2.24, 2.45) is 5.92 Å². The molecule has 0 unspecified atom stereocenters. The fraction of sp³-hybridized carbons (Fsp3) is 0.500. The predicted octanol–water partition coefficient (Wildman–Crippen LogP) is 3.17. The van der Waals surface area contributed by atoms with Gasteiger partial charge in [0.2, 0.25) is 17.6 Å². The first kappa shape index (κ1) is 24.9. The molecule has 1 saturated heterocycles. The maximum Gasteiger partial charge on any atom is 0.225 e. The number of hydrogen-bond donors (Lipinski definition) is 2. The van der Waals surface area contributed by atoms with E-state index in [2.05, 4.69) is 27.0 Å². The van der Waals surface area contributed by atoms with E-state index in [0.717, 1.165) is 32.4 Å². The average Bonchev–Trinajstić information content (AvgIpc) is 3.35. The molecule has 9 heteroatoms. The van der Waals surface area contributed by atoms with Crippen LogP contribution < -0.4 is 24.8 Å². The summed E-state index contributed by atoms with van der Waals surface area (Å²) in [6, 6.07) is 7.54. The van der Waals surface area contributed by atoms with Crippen molar-refractivity contribution in [1.82, 2.24) is 10.2 Å². The Morgan fingerprint density at radius 3 is 2.36 bits per heavy atom. The molecule has 0 saturated carbocycles. The first-order chi connectivity index (χ1) is 16.0. The summed E-state index contributed by atoms with van der Waals surface area (Å²) in [7, 11) is 4.61. The van der Waals surface area contributed by atoms with Gasteiger partial charge in [-0.25, -0.2) is 0 Å². The van der Waals surface area contributed by atoms with Crippen molar-refractivity contribution in [3.63, 3.8) is 0 Å². The molecule has 2 aromatic rings. The standard InChI is InChI=1S/C24H33N3O5S/c1-30-20-15-18(16-21(31-2)23(20)32-3)26-22(28)9-13-27-11-7-17(8-12-27)24(29)25-10-6-19-5-4-14-33-19/h4-5,14-17H,6-13H2,1-3H3,(H,25,29)(H,26,28). The Bertz CT molecular complexity index is 886. The lowest BCUT2D eigenvalue weighted by molar-refractivity contribution is -0.126. The van der Waals surface area contributed by atoms with Crippen LogP contribution in [0.15, 0.2) is 29.6 Å². The van der Waals surface area contributed by atoms with Crippen LogP contribution in [0.4, 0.5) is 5.69 Å². The maximum absolute atomic E-state index is 12.5. The quantitative estimate of drug-likeness (QED) is 0.519. The number of thiophene rings is 1. The van der Waals surface area contributed by atoms with Gasteiger partial charge < -0.3 is 29.7 Å². The summed E-state index contributed by atoms with van der Waals surface area (Å²) in [5.74, 6) is 1.57. The van der Waals surface area contributed by atoms with Crippen molar-refractivity contribution < 1.29 is 23.8 Å². The van der Waals surface area contributed by atoms with Crippen molar-refractivity contribution in [2.45, 2.75) is 25.7 Å². The molecule has 0 bridgehead atoms. The molecule has 2 amide bonds. The summed E-state index contributed by atoms with van der Waals surface area (Å²) in [6.07, 6.45) is 2.89. The van der Waals surface area contributed by atoms with Crippen LogP contribution in [0.2, 0.25) is 0 Å². The lowest BCUT2D eigenvalue weighted by Crippen LogP contribution is -2.41. The third-order valence-corrected chi connectivity index (χ3v) is 6.75. The summed E-state index contributed by atoms with van der Waals surface area (Å²) in [5, 5.41) is 8.02. The molecule has 3 rings (SSSR count). The van der Waals surface area contributed by atoms with Crippen LogP contribution in [0.1, 0.15) is 24.1 Å². The van der Waals surface area contributed by atoms with E-state index in [-0.39, 0.29) is 17.7 Å². The summed E-state index contributed by atoms with van der Waals surface area (Å²) in [5.41, 5.74) is 0.590. The Morgan fingerprint density at radius 2 is 1.79 bits per heavy atom. The topological polar surface area (TPSA) is 89.1 Å². The van der Waals surface area contributed by atoms with Crippen molar-refractivity contribution in [2.75, 3.05) is 52.8 Å². The van der Waals surface area contributed by atoms with E-state index in [1.807, 2.05) is 6.07 Å². The number of nitrogens with one attached hydrogen (secondary N) is 2. The number of rotatable bonds is 11. The van der Waals surface area contributed by atoms with Crippen molar-refractivity contribution in [3.8, 4) is 17.2 Å². The third-order valence-electron chi connectivity index (χ3n) is 5.81. The Kier molecular flexibility index (Phi) is 9.38. The van der Waals surface area contributed by atoms with E-state index < -0.39 is 0 Å². The van der Waals surface area contributed by atoms with Gasteiger partial charge in [-0.05, 0) is 43.8 Å². The molecule has 1 fully saturated rings. The van der Waals surface area contributed by atoms with E-state index >= 15 is 0 Å². The van der Waals surface area contributed by atoms with Crippen molar-refractivity contribution in [1.29, 1.82) is 0 Å². The third kappa shape index (κ3) is 7.10. The molecule has 0 spiro atoms. The number of anilines is 1. The predicted molar refractivity (Wildman–Crippen MR) is 130 cm³/mol. The lowest BCUT2D eigenvalue weighted by Gasteiger charge is -2.31. The zero-order chi connectivity index (χ0) is 23.6. The van der Waals surface area contributed by atoms with Crippen LogP contribution in [-0.2, 0) is 16.0 Å². The number of carbonyl (C=O) groups excluding carboxylic acids is 2. The number of nitrogens with zero attached hydrogens (tertiary/aromatic N) is 1. The first-order valence-corrected chi connectivity index (χ1v) is 12.0. The highest BCUT2D eigenvalue weighted by molar-refractivity contribution is 7.09. The fourth-order valence-electron chi connectivity index (χ4n) is 3.96. The maximum atomic E-state index is 12.5. The van der Waals surface area contributed by atoms with Crippen molar-refractivity contribution in [3.05, 3.63) is 34.5 Å². The highest BCUT2D eigenvalue weighted by Crippen LogP contribution is 2.39. The van der Waals surface area contributed by atoms with E-state index in [1.165, 1.54) is 26.2 Å². The average molecular weight is 476 g/mol. The molecule has 1 aromatic heterocycles. The van der Waals surface area contributed by atoms with Crippen LogP contribution in [0.3, 0.4) is 0 Å². The second-order valence-electron chi connectivity index (χ2n) is 7.95. The number of likely N-dealkylation sites (tertiary alicyclic amines) is 1. The smallest absolute Gasteiger partial charge is 0.225 e.